The van der Waals surface area contributed by atoms with Crippen molar-refractivity contribution in [2.45, 2.75) is 32.1 Å². The van der Waals surface area contributed by atoms with E-state index >= 15 is 0 Å². The van der Waals surface area contributed by atoms with Crippen molar-refractivity contribution < 1.29 is 0 Å². The van der Waals surface area contributed by atoms with Crippen molar-refractivity contribution >= 4 is 58.4 Å². The van der Waals surface area contributed by atoms with Crippen LogP contribution >= 0.6 is 0 Å². The molecule has 0 radical (unpaired) electrons. The third-order valence-corrected chi connectivity index (χ3v) is 13.7. The van der Waals surface area contributed by atoms with Crippen LogP contribution in [0, 0.1) is 0 Å². The molecule has 2 aliphatic rings. The predicted molar refractivity (Wildman–Crippen MR) is 278 cm³/mol. The quantitative estimate of drug-likeness (QED) is 0.127. The summed E-state index contributed by atoms with van der Waals surface area (Å²) in [4.78, 5) is 4.83. The molecule has 2 heteroatoms. The Morgan fingerprint density at radius 3 is 1.52 bits per heavy atom. The van der Waals surface area contributed by atoms with Crippen molar-refractivity contribution in [1.29, 1.82) is 0 Å². The van der Waals surface area contributed by atoms with Crippen molar-refractivity contribution in [3.8, 4) is 33.4 Å². The Hall–Kier alpha value is -7.94. The minimum Gasteiger partial charge on any atom is -0.310 e. The molecular formula is C63H50N2. The summed E-state index contributed by atoms with van der Waals surface area (Å²) < 4.78 is 0. The lowest BCUT2D eigenvalue weighted by Crippen LogP contribution is -2.23. The Morgan fingerprint density at radius 1 is 0.400 bits per heavy atom. The molecule has 9 aromatic rings. The van der Waals surface area contributed by atoms with Gasteiger partial charge in [-0.15, -0.1) is 0 Å². The van der Waals surface area contributed by atoms with Crippen molar-refractivity contribution in [2.75, 3.05) is 9.80 Å². The number of benzene rings is 9. The van der Waals surface area contributed by atoms with Gasteiger partial charge in [0.05, 0.1) is 17.1 Å². The van der Waals surface area contributed by atoms with Gasteiger partial charge in [0.25, 0.3) is 0 Å². The molecule has 1 aliphatic heterocycles. The number of hydrogen-bond acceptors (Lipinski definition) is 2. The van der Waals surface area contributed by atoms with E-state index in [2.05, 4.69) is 266 Å². The fourth-order valence-corrected chi connectivity index (χ4v) is 10.4. The second-order valence-electron chi connectivity index (χ2n) is 17.1. The maximum Gasteiger partial charge on any atom is 0.0546 e. The molecule has 0 bridgehead atoms. The number of rotatable bonds is 10. The summed E-state index contributed by atoms with van der Waals surface area (Å²) in [6.45, 7) is 4.71. The molecule has 0 saturated carbocycles. The highest BCUT2D eigenvalue weighted by Crippen LogP contribution is 2.55. The summed E-state index contributed by atoms with van der Waals surface area (Å²) in [5.41, 5.74) is 21.9. The Labute approximate surface area is 383 Å². The van der Waals surface area contributed by atoms with Gasteiger partial charge in [-0.05, 0) is 129 Å². The molecule has 312 valence electrons. The van der Waals surface area contributed by atoms with Gasteiger partial charge in [0, 0.05) is 28.0 Å². The first-order chi connectivity index (χ1) is 32.1. The van der Waals surface area contributed by atoms with E-state index in [9.17, 15) is 0 Å². The first-order valence-corrected chi connectivity index (χ1v) is 23.0. The van der Waals surface area contributed by atoms with Gasteiger partial charge in [-0.3, -0.25) is 0 Å². The van der Waals surface area contributed by atoms with Crippen molar-refractivity contribution in [3.63, 3.8) is 0 Å². The van der Waals surface area contributed by atoms with Crippen molar-refractivity contribution in [2.24, 2.45) is 0 Å². The summed E-state index contributed by atoms with van der Waals surface area (Å²) >= 11 is 0. The SMILES string of the molecule is CCC1(CC)c2cc(/C=C/c3ccc(-c4c(-c5ccccc5)cccc4N4c5ccccc5C=Cc5ccccc54)cc3)ccc2-c2ccc(N(c3ccccc3)c3ccccc3)cc21. The molecule has 11 rings (SSSR count). The molecule has 65 heavy (non-hydrogen) atoms. The van der Waals surface area contributed by atoms with Gasteiger partial charge >= 0.3 is 0 Å². The van der Waals surface area contributed by atoms with Gasteiger partial charge in [0.1, 0.15) is 0 Å². The number of fused-ring (bicyclic) bond motifs is 5. The van der Waals surface area contributed by atoms with Gasteiger partial charge < -0.3 is 9.80 Å². The van der Waals surface area contributed by atoms with Crippen molar-refractivity contribution in [1.82, 2.24) is 0 Å². The standard InChI is InChI=1S/C63H50N2/c1-3-63(4-2)57-43-46(35-41-55(57)56-42-40-53(44-58(56)63)64(51-23-10-6-11-24-51)52-25-12-7-13-26-52)32-31-45-33-36-50(37-34-45)62-54(47-19-8-5-9-20-47)27-18-30-61(62)65-59-28-16-14-21-48(59)38-39-49-22-15-17-29-60(49)65/h5-44H,3-4H2,1-2H3/b32-31+. The normalized spacial score (nSPS) is 13.2. The molecule has 0 atom stereocenters. The summed E-state index contributed by atoms with van der Waals surface area (Å²) in [7, 11) is 0. The molecule has 0 amide bonds. The molecule has 2 nitrogen and oxygen atoms in total. The maximum absolute atomic E-state index is 2.46. The molecule has 1 heterocycles. The predicted octanol–water partition coefficient (Wildman–Crippen LogP) is 17.7. The first kappa shape index (κ1) is 39.9. The smallest absolute Gasteiger partial charge is 0.0546 e. The first-order valence-electron chi connectivity index (χ1n) is 23.0. The van der Waals surface area contributed by atoms with Crippen molar-refractivity contribution in [3.05, 3.63) is 252 Å². The summed E-state index contributed by atoms with van der Waals surface area (Å²) in [5, 5.41) is 0. The summed E-state index contributed by atoms with van der Waals surface area (Å²) in [5.74, 6) is 0. The Balaban J connectivity index is 0.948. The molecule has 0 spiro atoms. The highest BCUT2D eigenvalue weighted by molar-refractivity contribution is 6.01. The fourth-order valence-electron chi connectivity index (χ4n) is 10.4. The minimum absolute atomic E-state index is 0.0838. The van der Waals surface area contributed by atoms with Crippen LogP contribution in [0.25, 0.3) is 57.7 Å². The topological polar surface area (TPSA) is 6.48 Å². The highest BCUT2D eigenvalue weighted by atomic mass is 15.2. The van der Waals surface area contributed by atoms with E-state index in [4.69, 9.17) is 0 Å². The molecule has 0 saturated heterocycles. The largest absolute Gasteiger partial charge is 0.310 e. The van der Waals surface area contributed by atoms with E-state index < -0.39 is 0 Å². The Kier molecular flexibility index (Phi) is 10.4. The number of anilines is 6. The molecule has 9 aromatic carbocycles. The summed E-state index contributed by atoms with van der Waals surface area (Å²) in [6.07, 6.45) is 11.1. The molecule has 1 aliphatic carbocycles. The van der Waals surface area contributed by atoms with Crippen LogP contribution in [-0.4, -0.2) is 0 Å². The zero-order valence-electron chi connectivity index (χ0n) is 36.9. The van der Waals surface area contributed by atoms with Crippen LogP contribution in [0.1, 0.15) is 60.1 Å². The Morgan fingerprint density at radius 2 is 0.908 bits per heavy atom. The second-order valence-corrected chi connectivity index (χ2v) is 17.1. The minimum atomic E-state index is -0.0838. The molecule has 0 aromatic heterocycles. The van der Waals surface area contributed by atoms with Crippen LogP contribution in [0.4, 0.5) is 34.1 Å². The zero-order chi connectivity index (χ0) is 43.7. The van der Waals surface area contributed by atoms with Crippen LogP contribution in [0.2, 0.25) is 0 Å². The lowest BCUT2D eigenvalue weighted by molar-refractivity contribution is 0.490. The monoisotopic (exact) mass is 834 g/mol. The van der Waals surface area contributed by atoms with E-state index in [1.165, 1.54) is 66.9 Å². The summed E-state index contributed by atoms with van der Waals surface area (Å²) in [6, 6.07) is 79.7. The Bertz CT molecular complexity index is 3120. The van der Waals surface area contributed by atoms with Crippen LogP contribution < -0.4 is 9.80 Å². The van der Waals surface area contributed by atoms with Crippen LogP contribution in [0.3, 0.4) is 0 Å². The molecule has 0 unspecified atom stereocenters. The second kappa shape index (κ2) is 17.0. The maximum atomic E-state index is 2.46. The fraction of sp³-hybridized carbons (Fsp3) is 0.0794. The average Bonchev–Trinajstić information content (AvgIpc) is 3.53. The van der Waals surface area contributed by atoms with Crippen LogP contribution in [-0.2, 0) is 5.41 Å². The van der Waals surface area contributed by atoms with Crippen LogP contribution in [0.15, 0.2) is 218 Å². The average molecular weight is 835 g/mol. The van der Waals surface area contributed by atoms with Gasteiger partial charge in [-0.2, -0.15) is 0 Å². The number of para-hydroxylation sites is 4. The van der Waals surface area contributed by atoms with Gasteiger partial charge in [0.15, 0.2) is 0 Å². The lowest BCUT2D eigenvalue weighted by Gasteiger charge is -2.32. The van der Waals surface area contributed by atoms with E-state index in [0.29, 0.717) is 0 Å². The van der Waals surface area contributed by atoms with Crippen LogP contribution in [0.5, 0.6) is 0 Å². The van der Waals surface area contributed by atoms with E-state index in [1.807, 2.05) is 0 Å². The zero-order valence-corrected chi connectivity index (χ0v) is 36.9. The third kappa shape index (κ3) is 7.09. The lowest BCUT2D eigenvalue weighted by atomic mass is 9.73. The molecule has 0 N–H and O–H groups in total. The van der Waals surface area contributed by atoms with Gasteiger partial charge in [0.2, 0.25) is 0 Å². The number of nitrogens with zero attached hydrogens (tertiary/aromatic N) is 2. The molecule has 0 fully saturated rings. The van der Waals surface area contributed by atoms with Gasteiger partial charge in [-0.25, -0.2) is 0 Å². The third-order valence-electron chi connectivity index (χ3n) is 13.7. The highest BCUT2D eigenvalue weighted by Gasteiger charge is 2.41. The van der Waals surface area contributed by atoms with Gasteiger partial charge in [-0.1, -0.05) is 202 Å². The molecular weight excluding hydrogens is 785 g/mol. The van der Waals surface area contributed by atoms with E-state index in [1.54, 1.807) is 0 Å². The van der Waals surface area contributed by atoms with E-state index in [0.717, 1.165) is 46.8 Å². The van der Waals surface area contributed by atoms with E-state index in [-0.39, 0.29) is 5.41 Å². The number of hydrogen-bond donors (Lipinski definition) is 0.